The lowest BCUT2D eigenvalue weighted by atomic mass is 9.90. The molecule has 2 atom stereocenters. The molecule has 0 spiro atoms. The number of thioether (sulfide) groups is 1. The van der Waals surface area contributed by atoms with Crippen molar-refractivity contribution < 1.29 is 18.6 Å². The topological polar surface area (TPSA) is 86.0 Å². The fourth-order valence-electron chi connectivity index (χ4n) is 2.56. The minimum Gasteiger partial charge on any atom is -0.382 e. The van der Waals surface area contributed by atoms with E-state index in [0.717, 1.165) is 12.1 Å². The van der Waals surface area contributed by atoms with Gasteiger partial charge in [-0.1, -0.05) is 17.8 Å². The molecule has 2 aromatic heterocycles. The van der Waals surface area contributed by atoms with Crippen LogP contribution in [0.25, 0.3) is 0 Å². The van der Waals surface area contributed by atoms with Gasteiger partial charge in [-0.25, -0.2) is 23.4 Å². The van der Waals surface area contributed by atoms with E-state index in [9.17, 15) is 13.9 Å². The first-order valence-corrected chi connectivity index (χ1v) is 9.56. The Bertz CT molecular complexity index is 893. The van der Waals surface area contributed by atoms with Gasteiger partial charge < -0.3 is 9.84 Å². The average Bonchev–Trinajstić information content (AvgIpc) is 3.27. The van der Waals surface area contributed by atoms with Crippen LogP contribution in [0.15, 0.2) is 35.2 Å². The highest BCUT2D eigenvalue weighted by atomic mass is 32.2. The number of halogens is 2. The Morgan fingerprint density at radius 2 is 2.22 bits per heavy atom. The van der Waals surface area contributed by atoms with Crippen LogP contribution in [0.4, 0.5) is 8.78 Å². The monoisotopic (exact) mass is 413 g/mol. The maximum atomic E-state index is 14.5. The molecule has 2 heterocycles. The van der Waals surface area contributed by atoms with Crippen molar-refractivity contribution >= 4 is 23.3 Å². The van der Waals surface area contributed by atoms with Gasteiger partial charge in [0.25, 0.3) is 0 Å². The Morgan fingerprint density at radius 1 is 1.41 bits per heavy atom. The Labute approximate surface area is 162 Å². The number of hydrogen-bond acceptors (Lipinski definition) is 8. The van der Waals surface area contributed by atoms with E-state index >= 15 is 0 Å². The van der Waals surface area contributed by atoms with Gasteiger partial charge in [0.05, 0.1) is 6.54 Å². The molecule has 7 nitrogen and oxygen atoms in total. The van der Waals surface area contributed by atoms with Gasteiger partial charge in [0.2, 0.25) is 0 Å². The summed E-state index contributed by atoms with van der Waals surface area (Å²) in [6.07, 6.45) is 2.74. The van der Waals surface area contributed by atoms with Gasteiger partial charge in [-0.15, -0.1) is 0 Å². The molecule has 1 aromatic carbocycles. The van der Waals surface area contributed by atoms with Crippen molar-refractivity contribution in [2.24, 2.45) is 0 Å². The van der Waals surface area contributed by atoms with Gasteiger partial charge in [0, 0.05) is 24.0 Å². The number of hydrogen-bond donors (Lipinski definition) is 1. The molecule has 0 aliphatic heterocycles. The molecule has 0 aliphatic rings. The summed E-state index contributed by atoms with van der Waals surface area (Å²) in [7, 11) is 1.55. The molecule has 0 saturated carbocycles. The van der Waals surface area contributed by atoms with Gasteiger partial charge in [0.1, 0.15) is 36.5 Å². The SMILES string of the molecule is COCc1nsc(SC(C)C(O)(Cn2cncn2)c2ccc(F)cc2F)n1. The van der Waals surface area contributed by atoms with Crippen LogP contribution in [0.3, 0.4) is 0 Å². The first kappa shape index (κ1) is 19.8. The smallest absolute Gasteiger partial charge is 0.170 e. The summed E-state index contributed by atoms with van der Waals surface area (Å²) in [6, 6.07) is 3.11. The summed E-state index contributed by atoms with van der Waals surface area (Å²) < 4.78 is 39.0. The second-order valence-electron chi connectivity index (χ2n) is 5.81. The zero-order valence-electron chi connectivity index (χ0n) is 14.5. The molecule has 0 bridgehead atoms. The lowest BCUT2D eigenvalue weighted by Gasteiger charge is -2.33. The molecule has 2 unspecified atom stereocenters. The standard InChI is InChI=1S/C16H17F2N5O2S2/c1-10(26-15-21-14(6-25-2)22-27-15)16(24,7-23-9-19-8-20-23)12-4-3-11(17)5-13(12)18/h3-5,8-10,24H,6-7H2,1-2H3. The van der Waals surface area contributed by atoms with Crippen molar-refractivity contribution in [3.8, 4) is 0 Å². The van der Waals surface area contributed by atoms with Gasteiger partial charge in [-0.05, 0) is 24.5 Å². The predicted molar refractivity (Wildman–Crippen MR) is 96.2 cm³/mol. The molecule has 0 amide bonds. The number of nitrogens with zero attached hydrogens (tertiary/aromatic N) is 5. The summed E-state index contributed by atoms with van der Waals surface area (Å²) >= 11 is 2.41. The fourth-order valence-corrected chi connectivity index (χ4v) is 4.55. The molecule has 27 heavy (non-hydrogen) atoms. The lowest BCUT2D eigenvalue weighted by molar-refractivity contribution is 0.0133. The normalized spacial score (nSPS) is 14.9. The zero-order valence-corrected chi connectivity index (χ0v) is 16.2. The molecular formula is C16H17F2N5O2S2. The maximum Gasteiger partial charge on any atom is 0.170 e. The van der Waals surface area contributed by atoms with Crippen LogP contribution in [-0.4, -0.2) is 41.6 Å². The number of methoxy groups -OCH3 is 1. The molecule has 3 rings (SSSR count). The summed E-state index contributed by atoms with van der Waals surface area (Å²) in [5.41, 5.74) is -1.72. The third kappa shape index (κ3) is 4.49. The second kappa shape index (κ2) is 8.38. The number of aliphatic hydroxyl groups is 1. The van der Waals surface area contributed by atoms with E-state index < -0.39 is 22.5 Å². The predicted octanol–water partition coefficient (Wildman–Crippen LogP) is 2.62. The summed E-state index contributed by atoms with van der Waals surface area (Å²) in [5, 5.41) is 14.9. The quantitative estimate of drug-likeness (QED) is 0.568. The molecule has 11 heteroatoms. The average molecular weight is 413 g/mol. The molecule has 0 saturated heterocycles. The molecule has 3 aromatic rings. The summed E-state index contributed by atoms with van der Waals surface area (Å²) in [5.74, 6) is -1.01. The van der Waals surface area contributed by atoms with Gasteiger partial charge >= 0.3 is 0 Å². The van der Waals surface area contributed by atoms with E-state index in [1.54, 1.807) is 14.0 Å². The van der Waals surface area contributed by atoms with E-state index in [0.29, 0.717) is 10.2 Å². The fraction of sp³-hybridized carbons (Fsp3) is 0.375. The second-order valence-corrected chi connectivity index (χ2v) is 8.15. The van der Waals surface area contributed by atoms with Crippen LogP contribution in [0.2, 0.25) is 0 Å². The molecule has 144 valence electrons. The highest BCUT2D eigenvalue weighted by Gasteiger charge is 2.40. The van der Waals surface area contributed by atoms with Crippen molar-refractivity contribution in [2.45, 2.75) is 35.3 Å². The molecule has 0 radical (unpaired) electrons. The molecule has 0 aliphatic carbocycles. The first-order valence-electron chi connectivity index (χ1n) is 7.91. The van der Waals surface area contributed by atoms with E-state index in [1.807, 2.05) is 0 Å². The summed E-state index contributed by atoms with van der Waals surface area (Å²) in [6.45, 7) is 1.95. The van der Waals surface area contributed by atoms with Crippen molar-refractivity contribution in [3.63, 3.8) is 0 Å². The number of ether oxygens (including phenoxy) is 1. The Morgan fingerprint density at radius 3 is 2.89 bits per heavy atom. The Balaban J connectivity index is 1.92. The minimum atomic E-state index is -1.69. The van der Waals surface area contributed by atoms with Crippen LogP contribution in [0, 0.1) is 11.6 Å². The Hall–Kier alpha value is -1.95. The van der Waals surface area contributed by atoms with Crippen molar-refractivity contribution in [1.82, 2.24) is 24.1 Å². The largest absolute Gasteiger partial charge is 0.382 e. The summed E-state index contributed by atoms with van der Waals surface area (Å²) in [4.78, 5) is 8.18. The van der Waals surface area contributed by atoms with E-state index in [-0.39, 0.29) is 18.7 Å². The van der Waals surface area contributed by atoms with Crippen LogP contribution < -0.4 is 0 Å². The highest BCUT2D eigenvalue weighted by Crippen LogP contribution is 2.39. The van der Waals surface area contributed by atoms with Gasteiger partial charge in [-0.3, -0.25) is 0 Å². The van der Waals surface area contributed by atoms with E-state index in [1.165, 1.54) is 46.7 Å². The lowest BCUT2D eigenvalue weighted by Crippen LogP contribution is -2.41. The Kier molecular flexibility index (Phi) is 6.15. The van der Waals surface area contributed by atoms with Crippen LogP contribution in [0.1, 0.15) is 18.3 Å². The third-order valence-electron chi connectivity index (χ3n) is 3.94. The zero-order chi connectivity index (χ0) is 19.4. The minimum absolute atomic E-state index is 0.0268. The van der Waals surface area contributed by atoms with Gasteiger partial charge in [-0.2, -0.15) is 9.47 Å². The molecular weight excluding hydrogens is 396 g/mol. The first-order chi connectivity index (χ1) is 12.9. The molecule has 0 fully saturated rings. The number of rotatable bonds is 8. The highest BCUT2D eigenvalue weighted by molar-refractivity contribution is 8.01. The third-order valence-corrected chi connectivity index (χ3v) is 6.04. The van der Waals surface area contributed by atoms with Crippen LogP contribution in [-0.2, 0) is 23.5 Å². The van der Waals surface area contributed by atoms with Crippen molar-refractivity contribution in [3.05, 3.63) is 53.9 Å². The number of aromatic nitrogens is 5. The molecule has 1 N–H and O–H groups in total. The maximum absolute atomic E-state index is 14.5. The van der Waals surface area contributed by atoms with E-state index in [2.05, 4.69) is 19.4 Å². The van der Waals surface area contributed by atoms with E-state index in [4.69, 9.17) is 4.74 Å². The van der Waals surface area contributed by atoms with Crippen LogP contribution in [0.5, 0.6) is 0 Å². The van der Waals surface area contributed by atoms with Crippen LogP contribution >= 0.6 is 23.3 Å². The number of benzene rings is 1. The van der Waals surface area contributed by atoms with Gasteiger partial charge in [0.15, 0.2) is 10.2 Å². The van der Waals surface area contributed by atoms with Crippen molar-refractivity contribution in [2.75, 3.05) is 7.11 Å². The van der Waals surface area contributed by atoms with Crippen molar-refractivity contribution in [1.29, 1.82) is 0 Å².